The van der Waals surface area contributed by atoms with E-state index in [0.29, 0.717) is 0 Å². The van der Waals surface area contributed by atoms with Crippen molar-refractivity contribution in [1.29, 1.82) is 0 Å². The van der Waals surface area contributed by atoms with Crippen LogP contribution in [0.25, 0.3) is 0 Å². The van der Waals surface area contributed by atoms with E-state index >= 15 is 0 Å². The third-order valence-corrected chi connectivity index (χ3v) is 2.26. The first kappa shape index (κ1) is 11.8. The van der Waals surface area contributed by atoms with Crippen LogP contribution in [0.4, 0.5) is 0 Å². The molecule has 2 rings (SSSR count). The van der Waals surface area contributed by atoms with Gasteiger partial charge in [0, 0.05) is 12.4 Å². The van der Waals surface area contributed by atoms with Gasteiger partial charge in [-0.1, -0.05) is 24.3 Å². The Labute approximate surface area is 105 Å². The maximum Gasteiger partial charge on any atom is 0.211 e. The Balaban J connectivity index is 2.01. The number of nitrogens with zero attached hydrogens (tertiary/aromatic N) is 4. The molecule has 4 N–H and O–H groups in total. The van der Waals surface area contributed by atoms with E-state index in [1.165, 1.54) is 0 Å². The summed E-state index contributed by atoms with van der Waals surface area (Å²) in [5.74, 6) is -0.0541. The summed E-state index contributed by atoms with van der Waals surface area (Å²) in [5, 5.41) is 11.4. The Kier molecular flexibility index (Phi) is 3.70. The van der Waals surface area contributed by atoms with Crippen LogP contribution in [0, 0.1) is 0 Å². The Morgan fingerprint density at radius 2 is 2.06 bits per heavy atom. The molecule has 1 aromatic heterocycles. The zero-order valence-corrected chi connectivity index (χ0v) is 9.77. The van der Waals surface area contributed by atoms with Gasteiger partial charge in [-0.2, -0.15) is 10.2 Å². The quantitative estimate of drug-likeness (QED) is 0.465. The number of hydrogen-bond acceptors (Lipinski definition) is 3. The van der Waals surface area contributed by atoms with Crippen LogP contribution >= 0.6 is 0 Å². The summed E-state index contributed by atoms with van der Waals surface area (Å²) in [5.41, 5.74) is 12.4. The van der Waals surface area contributed by atoms with Gasteiger partial charge >= 0.3 is 0 Å². The van der Waals surface area contributed by atoms with Crippen LogP contribution < -0.4 is 11.5 Å². The van der Waals surface area contributed by atoms with Crippen molar-refractivity contribution in [2.75, 3.05) is 0 Å². The molecule has 1 aromatic carbocycles. The molecule has 0 saturated carbocycles. The molecule has 0 spiro atoms. The normalized spacial score (nSPS) is 10.7. The zero-order valence-electron chi connectivity index (χ0n) is 9.77. The molecule has 6 heteroatoms. The SMILES string of the molecule is NC(N)=NN=Cc1ccc(Cn2cccn2)cc1. The molecule has 0 atom stereocenters. The number of guanidine groups is 1. The van der Waals surface area contributed by atoms with E-state index in [-0.39, 0.29) is 5.96 Å². The second-order valence-electron chi connectivity index (χ2n) is 3.71. The monoisotopic (exact) mass is 242 g/mol. The average Bonchev–Trinajstić information content (AvgIpc) is 2.84. The first-order valence-electron chi connectivity index (χ1n) is 5.42. The molecule has 0 aliphatic rings. The first-order chi connectivity index (χ1) is 8.74. The second kappa shape index (κ2) is 5.62. The topological polar surface area (TPSA) is 94.6 Å². The maximum absolute atomic E-state index is 5.16. The minimum Gasteiger partial charge on any atom is -0.369 e. The number of nitrogens with two attached hydrogens (primary N) is 2. The van der Waals surface area contributed by atoms with E-state index < -0.39 is 0 Å². The van der Waals surface area contributed by atoms with E-state index in [2.05, 4.69) is 15.3 Å². The van der Waals surface area contributed by atoms with Crippen LogP contribution in [0.2, 0.25) is 0 Å². The van der Waals surface area contributed by atoms with Gasteiger partial charge in [-0.15, -0.1) is 5.10 Å². The summed E-state index contributed by atoms with van der Waals surface area (Å²) in [6, 6.07) is 9.82. The van der Waals surface area contributed by atoms with E-state index in [4.69, 9.17) is 11.5 Å². The minimum absolute atomic E-state index is 0.0541. The van der Waals surface area contributed by atoms with Crippen molar-refractivity contribution < 1.29 is 0 Å². The van der Waals surface area contributed by atoms with E-state index in [1.54, 1.807) is 12.4 Å². The van der Waals surface area contributed by atoms with E-state index in [9.17, 15) is 0 Å². The molecule has 18 heavy (non-hydrogen) atoms. The summed E-state index contributed by atoms with van der Waals surface area (Å²) < 4.78 is 1.86. The van der Waals surface area contributed by atoms with Crippen LogP contribution in [0.3, 0.4) is 0 Å². The van der Waals surface area contributed by atoms with Crippen LogP contribution in [0.1, 0.15) is 11.1 Å². The molecule has 1 heterocycles. The molecule has 0 unspecified atom stereocenters. The van der Waals surface area contributed by atoms with Crippen molar-refractivity contribution in [2.24, 2.45) is 21.7 Å². The Morgan fingerprint density at radius 3 is 2.67 bits per heavy atom. The fourth-order valence-corrected chi connectivity index (χ4v) is 1.45. The molecule has 6 nitrogen and oxygen atoms in total. The molecule has 0 fully saturated rings. The van der Waals surface area contributed by atoms with Crippen molar-refractivity contribution in [3.8, 4) is 0 Å². The Bertz CT molecular complexity index is 534. The van der Waals surface area contributed by atoms with Gasteiger partial charge < -0.3 is 11.5 Å². The van der Waals surface area contributed by atoms with Gasteiger partial charge in [-0.3, -0.25) is 4.68 Å². The summed E-state index contributed by atoms with van der Waals surface area (Å²) >= 11 is 0. The predicted octanol–water partition coefficient (Wildman–Crippen LogP) is 0.539. The lowest BCUT2D eigenvalue weighted by atomic mass is 10.1. The van der Waals surface area contributed by atoms with Crippen LogP contribution in [0.15, 0.2) is 52.9 Å². The van der Waals surface area contributed by atoms with Crippen molar-refractivity contribution in [2.45, 2.75) is 6.54 Å². The summed E-state index contributed by atoms with van der Waals surface area (Å²) in [4.78, 5) is 0. The smallest absolute Gasteiger partial charge is 0.211 e. The van der Waals surface area contributed by atoms with Gasteiger partial charge in [0.15, 0.2) is 0 Å². The minimum atomic E-state index is -0.0541. The van der Waals surface area contributed by atoms with Gasteiger partial charge in [0.05, 0.1) is 12.8 Å². The highest BCUT2D eigenvalue weighted by molar-refractivity contribution is 5.81. The lowest BCUT2D eigenvalue weighted by Crippen LogP contribution is -2.21. The van der Waals surface area contributed by atoms with Crippen molar-refractivity contribution in [3.05, 3.63) is 53.9 Å². The average molecular weight is 242 g/mol. The number of benzene rings is 1. The summed E-state index contributed by atoms with van der Waals surface area (Å²) in [7, 11) is 0. The highest BCUT2D eigenvalue weighted by Crippen LogP contribution is 2.04. The lowest BCUT2D eigenvalue weighted by molar-refractivity contribution is 0.687. The summed E-state index contributed by atoms with van der Waals surface area (Å²) in [6.07, 6.45) is 5.28. The molecule has 0 aliphatic carbocycles. The highest BCUT2D eigenvalue weighted by atomic mass is 15.3. The number of hydrogen-bond donors (Lipinski definition) is 2. The van der Waals surface area contributed by atoms with Gasteiger partial charge in [-0.05, 0) is 17.2 Å². The van der Waals surface area contributed by atoms with Gasteiger partial charge in [-0.25, -0.2) is 0 Å². The molecule has 0 aliphatic heterocycles. The Morgan fingerprint density at radius 1 is 1.28 bits per heavy atom. The molecule has 0 bridgehead atoms. The van der Waals surface area contributed by atoms with Crippen molar-refractivity contribution >= 4 is 12.2 Å². The first-order valence-corrected chi connectivity index (χ1v) is 5.42. The number of aromatic nitrogens is 2. The summed E-state index contributed by atoms with van der Waals surface area (Å²) in [6.45, 7) is 0.748. The molecule has 2 aromatic rings. The number of rotatable bonds is 4. The van der Waals surface area contributed by atoms with Crippen LogP contribution in [0.5, 0.6) is 0 Å². The predicted molar refractivity (Wildman–Crippen MR) is 71.2 cm³/mol. The van der Waals surface area contributed by atoms with Crippen LogP contribution in [-0.2, 0) is 6.54 Å². The van der Waals surface area contributed by atoms with Crippen molar-refractivity contribution in [3.63, 3.8) is 0 Å². The fraction of sp³-hybridized carbons (Fsp3) is 0.0833. The molecule has 92 valence electrons. The third-order valence-electron chi connectivity index (χ3n) is 2.26. The maximum atomic E-state index is 5.16. The zero-order chi connectivity index (χ0) is 12.8. The fourth-order valence-electron chi connectivity index (χ4n) is 1.45. The largest absolute Gasteiger partial charge is 0.369 e. The standard InChI is InChI=1S/C12H14N6/c13-12(14)17-15-8-10-2-4-11(5-3-10)9-18-7-1-6-16-18/h1-8H,9H2,(H4,13,14,17). The van der Waals surface area contributed by atoms with Gasteiger partial charge in [0.1, 0.15) is 0 Å². The molecule has 0 radical (unpaired) electrons. The van der Waals surface area contributed by atoms with E-state index in [0.717, 1.165) is 17.7 Å². The van der Waals surface area contributed by atoms with Gasteiger partial charge in [0.25, 0.3) is 0 Å². The molecular formula is C12H14N6. The van der Waals surface area contributed by atoms with Gasteiger partial charge in [0.2, 0.25) is 5.96 Å². The third kappa shape index (κ3) is 3.44. The van der Waals surface area contributed by atoms with Crippen LogP contribution in [-0.4, -0.2) is 22.0 Å². The molecular weight excluding hydrogens is 228 g/mol. The highest BCUT2D eigenvalue weighted by Gasteiger charge is 1.95. The molecule has 0 saturated heterocycles. The molecule has 0 amide bonds. The van der Waals surface area contributed by atoms with Crippen molar-refractivity contribution in [1.82, 2.24) is 9.78 Å². The van der Waals surface area contributed by atoms with E-state index in [1.807, 2.05) is 41.2 Å². The Hall–Kier alpha value is -2.63. The lowest BCUT2D eigenvalue weighted by Gasteiger charge is -2.01. The second-order valence-corrected chi connectivity index (χ2v) is 3.71.